The maximum Gasteiger partial charge on any atom is 0.181 e. The van der Waals surface area contributed by atoms with Gasteiger partial charge in [-0.1, -0.05) is 0 Å². The maximum absolute atomic E-state index is 12.8. The van der Waals surface area contributed by atoms with Crippen molar-refractivity contribution in [2.24, 2.45) is 0 Å². The van der Waals surface area contributed by atoms with Gasteiger partial charge >= 0.3 is 0 Å². The summed E-state index contributed by atoms with van der Waals surface area (Å²) in [5.74, 6) is 0.255. The van der Waals surface area contributed by atoms with Crippen molar-refractivity contribution >= 4 is 0 Å². The fraction of sp³-hybridized carbons (Fsp3) is 0.300. The Morgan fingerprint density at radius 3 is 2.77 bits per heavy atom. The van der Waals surface area contributed by atoms with Gasteiger partial charge in [-0.15, -0.1) is 0 Å². The lowest BCUT2D eigenvalue weighted by Crippen LogP contribution is -2.08. The zero-order valence-corrected chi connectivity index (χ0v) is 7.54. The first-order chi connectivity index (χ1) is 6.13. The molecule has 1 atom stereocenters. The molecule has 0 aliphatic heterocycles. The second-order valence-corrected chi connectivity index (χ2v) is 2.80. The number of halogens is 1. The maximum atomic E-state index is 12.8. The van der Waals surface area contributed by atoms with Gasteiger partial charge < -0.3 is 4.74 Å². The van der Waals surface area contributed by atoms with Gasteiger partial charge in [0, 0.05) is 0 Å². The smallest absolute Gasteiger partial charge is 0.181 e. The third kappa shape index (κ3) is 2.45. The fourth-order valence-corrected chi connectivity index (χ4v) is 0.921. The molecule has 1 aromatic rings. The summed E-state index contributed by atoms with van der Waals surface area (Å²) < 4.78 is 18.0. The van der Waals surface area contributed by atoms with E-state index in [1.54, 1.807) is 19.9 Å². The van der Waals surface area contributed by atoms with Gasteiger partial charge in [0.2, 0.25) is 0 Å². The van der Waals surface area contributed by atoms with Gasteiger partial charge in [-0.2, -0.15) is 5.26 Å². The van der Waals surface area contributed by atoms with Crippen LogP contribution in [0.1, 0.15) is 12.5 Å². The van der Waals surface area contributed by atoms with E-state index >= 15 is 0 Å². The molecule has 0 spiro atoms. The normalized spacial score (nSPS) is 11.8. The molecule has 0 N–H and O–H groups in total. The highest BCUT2D eigenvalue weighted by molar-refractivity contribution is 5.29. The van der Waals surface area contributed by atoms with E-state index in [2.05, 4.69) is 0 Å². The van der Waals surface area contributed by atoms with Crippen LogP contribution in [0.2, 0.25) is 0 Å². The van der Waals surface area contributed by atoms with Gasteiger partial charge in [-0.05, 0) is 37.6 Å². The van der Waals surface area contributed by atoms with Gasteiger partial charge in [0.05, 0.1) is 0 Å². The fourth-order valence-electron chi connectivity index (χ4n) is 0.921. The Kier molecular flexibility index (Phi) is 2.86. The summed E-state index contributed by atoms with van der Waals surface area (Å²) in [7, 11) is 0. The predicted octanol–water partition coefficient (Wildman–Crippen LogP) is 2.43. The standard InChI is InChI=1S/C10H10FNO/c1-7-5-9(3-4-10(7)11)13-8(2)6-12/h3-5,8H,1-2H3. The molecular weight excluding hydrogens is 169 g/mol. The SMILES string of the molecule is Cc1cc(OC(C)C#N)ccc1F. The van der Waals surface area contributed by atoms with Crippen molar-refractivity contribution in [3.8, 4) is 11.8 Å². The molecule has 0 amide bonds. The monoisotopic (exact) mass is 179 g/mol. The Hall–Kier alpha value is -1.56. The van der Waals surface area contributed by atoms with Crippen molar-refractivity contribution in [3.05, 3.63) is 29.6 Å². The highest BCUT2D eigenvalue weighted by atomic mass is 19.1. The lowest BCUT2D eigenvalue weighted by atomic mass is 10.2. The van der Waals surface area contributed by atoms with E-state index in [0.717, 1.165) is 0 Å². The van der Waals surface area contributed by atoms with Crippen LogP contribution in [-0.4, -0.2) is 6.10 Å². The van der Waals surface area contributed by atoms with Crippen molar-refractivity contribution in [2.45, 2.75) is 20.0 Å². The third-order valence-corrected chi connectivity index (χ3v) is 1.62. The molecular formula is C10H10FNO. The van der Waals surface area contributed by atoms with Crippen LogP contribution in [0.3, 0.4) is 0 Å². The van der Waals surface area contributed by atoms with E-state index in [9.17, 15) is 4.39 Å². The van der Waals surface area contributed by atoms with Gasteiger partial charge in [0.15, 0.2) is 6.10 Å². The van der Waals surface area contributed by atoms with Gasteiger partial charge in [0.25, 0.3) is 0 Å². The van der Waals surface area contributed by atoms with Crippen molar-refractivity contribution in [1.29, 1.82) is 5.26 Å². The molecule has 0 bridgehead atoms. The molecule has 1 aromatic carbocycles. The second kappa shape index (κ2) is 3.90. The summed E-state index contributed by atoms with van der Waals surface area (Å²) in [5.41, 5.74) is 0.516. The van der Waals surface area contributed by atoms with Crippen molar-refractivity contribution < 1.29 is 9.13 Å². The molecule has 0 saturated carbocycles. The van der Waals surface area contributed by atoms with Gasteiger partial charge in [0.1, 0.15) is 17.6 Å². The van der Waals surface area contributed by atoms with Crippen LogP contribution in [0, 0.1) is 24.1 Å². The Bertz CT molecular complexity index is 343. The van der Waals surface area contributed by atoms with Crippen LogP contribution in [0.15, 0.2) is 18.2 Å². The van der Waals surface area contributed by atoms with E-state index < -0.39 is 6.10 Å². The van der Waals surface area contributed by atoms with E-state index in [-0.39, 0.29) is 5.82 Å². The quantitative estimate of drug-likeness (QED) is 0.698. The van der Waals surface area contributed by atoms with Gasteiger partial charge in [-0.3, -0.25) is 0 Å². The summed E-state index contributed by atoms with van der Waals surface area (Å²) in [6.07, 6.45) is -0.509. The van der Waals surface area contributed by atoms with E-state index in [4.69, 9.17) is 10.00 Å². The third-order valence-electron chi connectivity index (χ3n) is 1.62. The lowest BCUT2D eigenvalue weighted by molar-refractivity contribution is 0.276. The Morgan fingerprint density at radius 2 is 2.23 bits per heavy atom. The minimum atomic E-state index is -0.509. The number of hydrogen-bond acceptors (Lipinski definition) is 2. The molecule has 2 nitrogen and oxygen atoms in total. The topological polar surface area (TPSA) is 33.0 Å². The molecule has 0 aliphatic carbocycles. The number of ether oxygens (including phenoxy) is 1. The van der Waals surface area contributed by atoms with Crippen LogP contribution in [-0.2, 0) is 0 Å². The Labute approximate surface area is 76.6 Å². The van der Waals surface area contributed by atoms with Crippen molar-refractivity contribution in [2.75, 3.05) is 0 Å². The molecule has 0 fully saturated rings. The Balaban J connectivity index is 2.81. The molecule has 3 heteroatoms. The number of benzene rings is 1. The van der Waals surface area contributed by atoms with Crippen molar-refractivity contribution in [3.63, 3.8) is 0 Å². The highest BCUT2D eigenvalue weighted by Gasteiger charge is 2.03. The van der Waals surface area contributed by atoms with Crippen LogP contribution < -0.4 is 4.74 Å². The predicted molar refractivity (Wildman–Crippen MR) is 46.8 cm³/mol. The number of aryl methyl sites for hydroxylation is 1. The molecule has 0 radical (unpaired) electrons. The number of nitrogens with zero attached hydrogens (tertiary/aromatic N) is 1. The summed E-state index contributed by atoms with van der Waals surface area (Å²) in [5, 5.41) is 8.47. The zero-order chi connectivity index (χ0) is 9.84. The summed E-state index contributed by atoms with van der Waals surface area (Å²) >= 11 is 0. The summed E-state index contributed by atoms with van der Waals surface area (Å²) in [4.78, 5) is 0. The van der Waals surface area contributed by atoms with E-state index in [0.29, 0.717) is 11.3 Å². The van der Waals surface area contributed by atoms with Crippen molar-refractivity contribution in [1.82, 2.24) is 0 Å². The number of nitriles is 1. The largest absolute Gasteiger partial charge is 0.476 e. The summed E-state index contributed by atoms with van der Waals surface area (Å²) in [6, 6.07) is 6.34. The first-order valence-electron chi connectivity index (χ1n) is 3.96. The van der Waals surface area contributed by atoms with E-state index in [1.807, 2.05) is 6.07 Å². The first kappa shape index (κ1) is 9.53. The second-order valence-electron chi connectivity index (χ2n) is 2.80. The minimum absolute atomic E-state index is 0.267. The van der Waals surface area contributed by atoms with Crippen LogP contribution in [0.5, 0.6) is 5.75 Å². The first-order valence-corrected chi connectivity index (χ1v) is 3.96. The van der Waals surface area contributed by atoms with Crippen LogP contribution in [0.25, 0.3) is 0 Å². The van der Waals surface area contributed by atoms with E-state index in [1.165, 1.54) is 12.1 Å². The molecule has 0 heterocycles. The molecule has 0 aliphatic rings. The minimum Gasteiger partial charge on any atom is -0.476 e. The molecule has 0 aromatic heterocycles. The summed E-state index contributed by atoms with van der Waals surface area (Å²) in [6.45, 7) is 3.29. The molecule has 1 rings (SSSR count). The molecule has 68 valence electrons. The average Bonchev–Trinajstić information content (AvgIpc) is 2.11. The number of hydrogen-bond donors (Lipinski definition) is 0. The van der Waals surface area contributed by atoms with Crippen LogP contribution in [0.4, 0.5) is 4.39 Å². The Morgan fingerprint density at radius 1 is 1.54 bits per heavy atom. The molecule has 1 unspecified atom stereocenters. The molecule has 13 heavy (non-hydrogen) atoms. The number of rotatable bonds is 2. The lowest BCUT2D eigenvalue weighted by Gasteiger charge is -2.07. The molecule has 0 saturated heterocycles. The highest BCUT2D eigenvalue weighted by Crippen LogP contribution is 2.16. The zero-order valence-electron chi connectivity index (χ0n) is 7.54. The average molecular weight is 179 g/mol. The van der Waals surface area contributed by atoms with Gasteiger partial charge in [-0.25, -0.2) is 4.39 Å². The van der Waals surface area contributed by atoms with Crippen LogP contribution >= 0.6 is 0 Å².